The van der Waals surface area contributed by atoms with E-state index in [0.717, 1.165) is 4.90 Å². The third-order valence-corrected chi connectivity index (χ3v) is 3.69. The first-order valence-electron chi connectivity index (χ1n) is 6.61. The fourth-order valence-corrected chi connectivity index (χ4v) is 2.49. The SMILES string of the molecule is CC1(C)NC(=O)N(CC(O)COc2ccc(Cl)cc2Cl)C1=O. The quantitative estimate of drug-likeness (QED) is 0.800. The van der Waals surface area contributed by atoms with Gasteiger partial charge in [-0.3, -0.25) is 9.69 Å². The molecule has 0 aliphatic carbocycles. The van der Waals surface area contributed by atoms with E-state index in [1.165, 1.54) is 6.07 Å². The molecule has 22 heavy (non-hydrogen) atoms. The van der Waals surface area contributed by atoms with Crippen molar-refractivity contribution in [3.8, 4) is 5.75 Å². The zero-order chi connectivity index (χ0) is 16.5. The molecule has 0 aromatic heterocycles. The zero-order valence-corrected chi connectivity index (χ0v) is 13.6. The number of aliphatic hydroxyl groups excluding tert-OH is 1. The van der Waals surface area contributed by atoms with Crippen molar-refractivity contribution in [2.75, 3.05) is 13.2 Å². The Morgan fingerprint density at radius 3 is 2.59 bits per heavy atom. The largest absolute Gasteiger partial charge is 0.489 e. The van der Waals surface area contributed by atoms with Crippen molar-refractivity contribution in [1.82, 2.24) is 10.2 Å². The van der Waals surface area contributed by atoms with E-state index in [2.05, 4.69) is 5.32 Å². The molecule has 8 heteroatoms. The number of hydrogen-bond donors (Lipinski definition) is 2. The second-order valence-corrected chi connectivity index (χ2v) is 6.35. The molecule has 1 aliphatic heterocycles. The summed E-state index contributed by atoms with van der Waals surface area (Å²) in [5.74, 6) is -0.0243. The molecular weight excluding hydrogens is 331 g/mol. The number of nitrogens with one attached hydrogen (secondary N) is 1. The van der Waals surface area contributed by atoms with Crippen LogP contribution in [0.15, 0.2) is 18.2 Å². The minimum absolute atomic E-state index is 0.112. The van der Waals surface area contributed by atoms with Crippen molar-refractivity contribution in [3.05, 3.63) is 28.2 Å². The van der Waals surface area contributed by atoms with Gasteiger partial charge < -0.3 is 15.2 Å². The number of rotatable bonds is 5. The maximum Gasteiger partial charge on any atom is 0.325 e. The highest BCUT2D eigenvalue weighted by Crippen LogP contribution is 2.27. The first-order valence-corrected chi connectivity index (χ1v) is 7.36. The number of benzene rings is 1. The standard InChI is InChI=1S/C14H16Cl2N2O4/c1-14(2)12(20)18(13(21)17-14)6-9(19)7-22-11-4-3-8(15)5-10(11)16/h3-5,9,19H,6-7H2,1-2H3,(H,17,21). The van der Waals surface area contributed by atoms with E-state index in [1.54, 1.807) is 26.0 Å². The topological polar surface area (TPSA) is 78.9 Å². The Bertz CT molecular complexity index is 607. The number of amides is 3. The lowest BCUT2D eigenvalue weighted by molar-refractivity contribution is -0.131. The molecule has 0 saturated carbocycles. The van der Waals surface area contributed by atoms with Crippen LogP contribution in [-0.4, -0.2) is 46.7 Å². The van der Waals surface area contributed by atoms with Gasteiger partial charge in [0.2, 0.25) is 0 Å². The summed E-state index contributed by atoms with van der Waals surface area (Å²) in [6, 6.07) is 4.17. The highest BCUT2D eigenvalue weighted by Gasteiger charge is 2.44. The molecule has 6 nitrogen and oxygen atoms in total. The third-order valence-electron chi connectivity index (χ3n) is 3.16. The lowest BCUT2D eigenvalue weighted by atomic mass is 10.1. The lowest BCUT2D eigenvalue weighted by Gasteiger charge is -2.19. The number of ether oxygens (including phenoxy) is 1. The van der Waals surface area contributed by atoms with Gasteiger partial charge in [0.15, 0.2) is 0 Å². The maximum atomic E-state index is 12.0. The summed E-state index contributed by atoms with van der Waals surface area (Å²) in [5, 5.41) is 13.3. The summed E-state index contributed by atoms with van der Waals surface area (Å²) in [6.07, 6.45) is -1.03. The highest BCUT2D eigenvalue weighted by molar-refractivity contribution is 6.35. The number of nitrogens with zero attached hydrogens (tertiary/aromatic N) is 1. The Labute approximate surface area is 137 Å². The maximum absolute atomic E-state index is 12.0. The number of carbonyl (C=O) groups excluding carboxylic acids is 2. The molecule has 1 aliphatic rings. The molecule has 1 heterocycles. The third kappa shape index (κ3) is 3.63. The van der Waals surface area contributed by atoms with Gasteiger partial charge in [0.05, 0.1) is 11.6 Å². The van der Waals surface area contributed by atoms with Gasteiger partial charge in [-0.15, -0.1) is 0 Å². The lowest BCUT2D eigenvalue weighted by Crippen LogP contribution is -2.42. The number of hydrogen-bond acceptors (Lipinski definition) is 4. The summed E-state index contributed by atoms with van der Waals surface area (Å²) in [4.78, 5) is 24.7. The fourth-order valence-electron chi connectivity index (χ4n) is 2.03. The number of β-amino-alcohol motifs (C(OH)–C–C–N with tert-alkyl or cyclic N) is 1. The van der Waals surface area contributed by atoms with Crippen LogP contribution < -0.4 is 10.1 Å². The van der Waals surface area contributed by atoms with Crippen LogP contribution in [0.25, 0.3) is 0 Å². The molecule has 0 radical (unpaired) electrons. The van der Waals surface area contributed by atoms with Crippen LogP contribution in [0.1, 0.15) is 13.8 Å². The number of urea groups is 1. The van der Waals surface area contributed by atoms with Gasteiger partial charge in [0.1, 0.15) is 24.0 Å². The summed E-state index contributed by atoms with van der Waals surface area (Å²) >= 11 is 11.7. The van der Waals surface area contributed by atoms with Crippen LogP contribution in [-0.2, 0) is 4.79 Å². The predicted molar refractivity (Wildman–Crippen MR) is 82.3 cm³/mol. The van der Waals surface area contributed by atoms with Gasteiger partial charge >= 0.3 is 6.03 Å². The van der Waals surface area contributed by atoms with Crippen LogP contribution >= 0.6 is 23.2 Å². The van der Waals surface area contributed by atoms with Gasteiger partial charge in [-0.25, -0.2) is 4.79 Å². The number of imide groups is 1. The van der Waals surface area contributed by atoms with Crippen molar-refractivity contribution >= 4 is 35.1 Å². The smallest absolute Gasteiger partial charge is 0.325 e. The predicted octanol–water partition coefficient (Wildman–Crippen LogP) is 2.06. The van der Waals surface area contributed by atoms with Crippen molar-refractivity contribution in [3.63, 3.8) is 0 Å². The molecular formula is C14H16Cl2N2O4. The Hall–Kier alpha value is -1.50. The van der Waals surface area contributed by atoms with Crippen molar-refractivity contribution < 1.29 is 19.4 Å². The first-order chi connectivity index (χ1) is 10.2. The Morgan fingerprint density at radius 2 is 2.05 bits per heavy atom. The minimum atomic E-state index is -1.03. The normalized spacial score (nSPS) is 18.3. The van der Waals surface area contributed by atoms with Crippen LogP contribution in [0.3, 0.4) is 0 Å². The highest BCUT2D eigenvalue weighted by atomic mass is 35.5. The summed E-state index contributed by atoms with van der Waals surface area (Å²) in [6.45, 7) is 2.94. The van der Waals surface area contributed by atoms with E-state index >= 15 is 0 Å². The number of carbonyl (C=O) groups is 2. The molecule has 0 spiro atoms. The van der Waals surface area contributed by atoms with E-state index < -0.39 is 17.7 Å². The van der Waals surface area contributed by atoms with Gasteiger partial charge in [-0.1, -0.05) is 23.2 Å². The molecule has 1 aromatic rings. The van der Waals surface area contributed by atoms with Crippen molar-refractivity contribution in [1.29, 1.82) is 0 Å². The van der Waals surface area contributed by atoms with Crippen LogP contribution in [0.5, 0.6) is 5.75 Å². The molecule has 1 fully saturated rings. The fraction of sp³-hybridized carbons (Fsp3) is 0.429. The molecule has 1 unspecified atom stereocenters. The van der Waals surface area contributed by atoms with E-state index in [1.807, 2.05) is 0 Å². The average Bonchev–Trinajstić information content (AvgIpc) is 2.60. The Balaban J connectivity index is 1.92. The minimum Gasteiger partial charge on any atom is -0.489 e. The van der Waals surface area contributed by atoms with Crippen molar-refractivity contribution in [2.24, 2.45) is 0 Å². The molecule has 1 atom stereocenters. The van der Waals surface area contributed by atoms with Gasteiger partial charge in [-0.05, 0) is 32.0 Å². The second-order valence-electron chi connectivity index (χ2n) is 5.51. The van der Waals surface area contributed by atoms with Crippen LogP contribution in [0.4, 0.5) is 4.79 Å². The Kier molecular flexibility index (Phi) is 4.84. The van der Waals surface area contributed by atoms with E-state index in [9.17, 15) is 14.7 Å². The van der Waals surface area contributed by atoms with Crippen molar-refractivity contribution in [2.45, 2.75) is 25.5 Å². The number of halogens is 2. The Morgan fingerprint density at radius 1 is 1.36 bits per heavy atom. The summed E-state index contributed by atoms with van der Waals surface area (Å²) < 4.78 is 5.38. The molecule has 2 rings (SSSR count). The summed E-state index contributed by atoms with van der Waals surface area (Å²) in [7, 11) is 0. The summed E-state index contributed by atoms with van der Waals surface area (Å²) in [5.41, 5.74) is -0.961. The van der Waals surface area contributed by atoms with E-state index in [4.69, 9.17) is 27.9 Å². The first kappa shape index (κ1) is 16.9. The molecule has 1 aromatic carbocycles. The molecule has 1 saturated heterocycles. The average molecular weight is 347 g/mol. The molecule has 0 bridgehead atoms. The second kappa shape index (κ2) is 6.32. The monoisotopic (exact) mass is 346 g/mol. The van der Waals surface area contributed by atoms with Gasteiger partial charge in [-0.2, -0.15) is 0 Å². The van der Waals surface area contributed by atoms with E-state index in [0.29, 0.717) is 15.8 Å². The van der Waals surface area contributed by atoms with Crippen LogP contribution in [0, 0.1) is 0 Å². The van der Waals surface area contributed by atoms with E-state index in [-0.39, 0.29) is 19.1 Å². The number of aliphatic hydroxyl groups is 1. The zero-order valence-electron chi connectivity index (χ0n) is 12.1. The molecule has 2 N–H and O–H groups in total. The van der Waals surface area contributed by atoms with Gasteiger partial charge in [0, 0.05) is 5.02 Å². The molecule has 120 valence electrons. The van der Waals surface area contributed by atoms with Gasteiger partial charge in [0.25, 0.3) is 5.91 Å². The molecule has 3 amide bonds. The van der Waals surface area contributed by atoms with Crippen LogP contribution in [0.2, 0.25) is 10.0 Å².